The first-order chi connectivity index (χ1) is 9.85. The Hall–Kier alpha value is -2.56. The Bertz CT molecular complexity index is 673. The van der Waals surface area contributed by atoms with Gasteiger partial charge in [-0.3, -0.25) is 4.57 Å². The van der Waals surface area contributed by atoms with Gasteiger partial charge in [-0.15, -0.1) is 10.2 Å². The molecule has 1 N–H and O–H groups in total. The minimum absolute atomic E-state index is 0.672. The molecule has 3 rings (SSSR count). The molecule has 0 unspecified atom stereocenters. The summed E-state index contributed by atoms with van der Waals surface area (Å²) in [7, 11) is 0. The number of anilines is 1. The number of furan rings is 1. The van der Waals surface area contributed by atoms with Crippen molar-refractivity contribution < 1.29 is 4.42 Å². The Morgan fingerprint density at radius 2 is 1.90 bits per heavy atom. The number of aromatic nitrogens is 3. The molecule has 1 aromatic carbocycles. The Balaban J connectivity index is 1.70. The maximum absolute atomic E-state index is 5.67. The number of aryl methyl sites for hydroxylation is 1. The van der Waals surface area contributed by atoms with E-state index in [0.717, 1.165) is 29.3 Å². The van der Waals surface area contributed by atoms with Crippen molar-refractivity contribution in [3.8, 4) is 5.69 Å². The minimum Gasteiger partial charge on any atom is -0.464 e. The lowest BCUT2D eigenvalue weighted by Gasteiger charge is -2.07. The highest BCUT2D eigenvalue weighted by Gasteiger charge is 2.02. The predicted molar refractivity (Wildman–Crippen MR) is 76.8 cm³/mol. The van der Waals surface area contributed by atoms with Crippen LogP contribution in [0.1, 0.15) is 18.4 Å². The van der Waals surface area contributed by atoms with Gasteiger partial charge in [0.25, 0.3) is 0 Å². The van der Waals surface area contributed by atoms with Crippen LogP contribution in [0, 0.1) is 0 Å². The number of benzene rings is 1. The molecule has 0 saturated carbocycles. The molecule has 2 aromatic heterocycles. The van der Waals surface area contributed by atoms with Gasteiger partial charge < -0.3 is 9.73 Å². The fourth-order valence-electron chi connectivity index (χ4n) is 2.01. The van der Waals surface area contributed by atoms with Gasteiger partial charge in [-0.2, -0.15) is 0 Å². The first kappa shape index (κ1) is 12.5. The van der Waals surface area contributed by atoms with Gasteiger partial charge >= 0.3 is 0 Å². The number of hydrogen-bond acceptors (Lipinski definition) is 4. The highest BCUT2D eigenvalue weighted by molar-refractivity contribution is 5.51. The van der Waals surface area contributed by atoms with Crippen molar-refractivity contribution in [2.45, 2.75) is 19.9 Å². The number of rotatable bonds is 5. The van der Waals surface area contributed by atoms with Crippen LogP contribution in [0.2, 0.25) is 0 Å². The molecule has 0 atom stereocenters. The molecule has 0 bridgehead atoms. The lowest BCUT2D eigenvalue weighted by Crippen LogP contribution is -1.99. The third-order valence-corrected chi connectivity index (χ3v) is 3.10. The SMILES string of the molecule is CCc1ccc(CNc2cccc(-n3cnnc3)c2)o1. The third kappa shape index (κ3) is 2.71. The quantitative estimate of drug-likeness (QED) is 0.772. The second kappa shape index (κ2) is 5.61. The van der Waals surface area contributed by atoms with Crippen LogP contribution in [0.4, 0.5) is 5.69 Å². The van der Waals surface area contributed by atoms with Crippen LogP contribution in [0.15, 0.2) is 53.5 Å². The molecule has 20 heavy (non-hydrogen) atoms. The summed E-state index contributed by atoms with van der Waals surface area (Å²) in [4.78, 5) is 0. The largest absolute Gasteiger partial charge is 0.464 e. The van der Waals surface area contributed by atoms with Crippen LogP contribution in [-0.2, 0) is 13.0 Å². The third-order valence-electron chi connectivity index (χ3n) is 3.10. The van der Waals surface area contributed by atoms with E-state index in [2.05, 4.69) is 22.4 Å². The zero-order valence-corrected chi connectivity index (χ0v) is 11.3. The predicted octanol–water partition coefficient (Wildman–Crippen LogP) is 3.03. The highest BCUT2D eigenvalue weighted by atomic mass is 16.3. The standard InChI is InChI=1S/C15H16N4O/c1-2-14-6-7-15(20-14)9-16-12-4-3-5-13(8-12)19-10-17-18-11-19/h3-8,10-11,16H,2,9H2,1H3. The molecule has 0 spiro atoms. The molecule has 0 fully saturated rings. The van der Waals surface area contributed by atoms with Crippen molar-refractivity contribution in [1.82, 2.24) is 14.8 Å². The van der Waals surface area contributed by atoms with Crippen LogP contribution in [-0.4, -0.2) is 14.8 Å². The topological polar surface area (TPSA) is 55.9 Å². The molecule has 0 aliphatic carbocycles. The van der Waals surface area contributed by atoms with Crippen molar-refractivity contribution >= 4 is 5.69 Å². The summed E-state index contributed by atoms with van der Waals surface area (Å²) in [5.41, 5.74) is 2.05. The average Bonchev–Trinajstić information content (AvgIpc) is 3.17. The lowest BCUT2D eigenvalue weighted by atomic mass is 10.2. The summed E-state index contributed by atoms with van der Waals surface area (Å²) in [5, 5.41) is 11.0. The van der Waals surface area contributed by atoms with E-state index in [-0.39, 0.29) is 0 Å². The van der Waals surface area contributed by atoms with Gasteiger partial charge in [0.05, 0.1) is 12.2 Å². The van der Waals surface area contributed by atoms with E-state index in [0.29, 0.717) is 6.54 Å². The summed E-state index contributed by atoms with van der Waals surface area (Å²) >= 11 is 0. The monoisotopic (exact) mass is 268 g/mol. The van der Waals surface area contributed by atoms with Gasteiger partial charge in [-0.25, -0.2) is 0 Å². The van der Waals surface area contributed by atoms with Crippen LogP contribution in [0.25, 0.3) is 5.69 Å². The summed E-state index contributed by atoms with van der Waals surface area (Å²) < 4.78 is 7.54. The maximum atomic E-state index is 5.67. The van der Waals surface area contributed by atoms with Gasteiger partial charge in [0, 0.05) is 12.1 Å². The Kier molecular flexibility index (Phi) is 3.50. The summed E-state index contributed by atoms with van der Waals surface area (Å²) in [5.74, 6) is 1.96. The van der Waals surface area contributed by atoms with Gasteiger partial charge in [0.1, 0.15) is 24.2 Å². The van der Waals surface area contributed by atoms with E-state index in [4.69, 9.17) is 4.42 Å². The number of nitrogens with zero attached hydrogens (tertiary/aromatic N) is 3. The van der Waals surface area contributed by atoms with Crippen molar-refractivity contribution in [3.63, 3.8) is 0 Å². The van der Waals surface area contributed by atoms with Crippen LogP contribution < -0.4 is 5.32 Å². The molecular weight excluding hydrogens is 252 g/mol. The Morgan fingerprint density at radius 3 is 2.65 bits per heavy atom. The summed E-state index contributed by atoms with van der Waals surface area (Å²) in [6.07, 6.45) is 4.28. The molecule has 0 amide bonds. The number of nitrogens with one attached hydrogen (secondary N) is 1. The van der Waals surface area contributed by atoms with Gasteiger partial charge in [-0.1, -0.05) is 13.0 Å². The molecule has 5 nitrogen and oxygen atoms in total. The van der Waals surface area contributed by atoms with Crippen LogP contribution in [0.5, 0.6) is 0 Å². The first-order valence-electron chi connectivity index (χ1n) is 6.61. The van der Waals surface area contributed by atoms with Crippen molar-refractivity contribution in [2.75, 3.05) is 5.32 Å². The van der Waals surface area contributed by atoms with E-state index < -0.39 is 0 Å². The normalized spacial score (nSPS) is 10.7. The molecular formula is C15H16N4O. The minimum atomic E-state index is 0.672. The average molecular weight is 268 g/mol. The lowest BCUT2D eigenvalue weighted by molar-refractivity contribution is 0.476. The smallest absolute Gasteiger partial charge is 0.123 e. The molecule has 0 aliphatic rings. The highest BCUT2D eigenvalue weighted by Crippen LogP contribution is 2.16. The molecule has 5 heteroatoms. The van der Waals surface area contributed by atoms with Gasteiger partial charge in [-0.05, 0) is 30.3 Å². The van der Waals surface area contributed by atoms with Gasteiger partial charge in [0.2, 0.25) is 0 Å². The molecule has 0 saturated heterocycles. The molecule has 0 radical (unpaired) electrons. The fourth-order valence-corrected chi connectivity index (χ4v) is 2.01. The fraction of sp³-hybridized carbons (Fsp3) is 0.200. The zero-order valence-electron chi connectivity index (χ0n) is 11.3. The Morgan fingerprint density at radius 1 is 1.10 bits per heavy atom. The van der Waals surface area contributed by atoms with E-state index in [1.807, 2.05) is 41.0 Å². The molecule has 102 valence electrons. The van der Waals surface area contributed by atoms with Crippen molar-refractivity contribution in [2.24, 2.45) is 0 Å². The summed E-state index contributed by atoms with van der Waals surface area (Å²) in [6, 6.07) is 12.1. The zero-order chi connectivity index (χ0) is 13.8. The first-order valence-corrected chi connectivity index (χ1v) is 6.61. The molecule has 2 heterocycles. The van der Waals surface area contributed by atoms with E-state index in [1.54, 1.807) is 12.7 Å². The van der Waals surface area contributed by atoms with E-state index in [1.165, 1.54) is 0 Å². The Labute approximate surface area is 117 Å². The van der Waals surface area contributed by atoms with E-state index in [9.17, 15) is 0 Å². The van der Waals surface area contributed by atoms with Crippen LogP contribution >= 0.6 is 0 Å². The summed E-state index contributed by atoms with van der Waals surface area (Å²) in [6.45, 7) is 2.75. The van der Waals surface area contributed by atoms with Crippen molar-refractivity contribution in [1.29, 1.82) is 0 Å². The number of hydrogen-bond donors (Lipinski definition) is 1. The van der Waals surface area contributed by atoms with Gasteiger partial charge in [0.15, 0.2) is 0 Å². The van der Waals surface area contributed by atoms with Crippen LogP contribution in [0.3, 0.4) is 0 Å². The second-order valence-corrected chi connectivity index (χ2v) is 4.49. The maximum Gasteiger partial charge on any atom is 0.123 e. The molecule has 3 aromatic rings. The van der Waals surface area contributed by atoms with E-state index >= 15 is 0 Å². The second-order valence-electron chi connectivity index (χ2n) is 4.49. The molecule has 0 aliphatic heterocycles. The van der Waals surface area contributed by atoms with Crippen molar-refractivity contribution in [3.05, 3.63) is 60.6 Å².